The second-order valence-corrected chi connectivity index (χ2v) is 9.20. The molecule has 1 amide bonds. The number of hydrogen-bond donors (Lipinski definition) is 1. The van der Waals surface area contributed by atoms with Crippen LogP contribution >= 0.6 is 0 Å². The molecule has 10 heteroatoms. The maximum absolute atomic E-state index is 13.5. The molecule has 3 aromatic rings. The summed E-state index contributed by atoms with van der Waals surface area (Å²) in [6.45, 7) is 1.32. The normalized spacial score (nSPS) is 18.0. The summed E-state index contributed by atoms with van der Waals surface area (Å²) < 4.78 is 22.3. The molecular weight excluding hydrogens is 502 g/mol. The highest BCUT2D eigenvalue weighted by Crippen LogP contribution is 2.46. The van der Waals surface area contributed by atoms with Gasteiger partial charge in [0, 0.05) is 31.5 Å². The number of amides is 1. The lowest BCUT2D eigenvalue weighted by atomic mass is 9.94. The molecule has 1 N–H and O–H groups in total. The molecule has 0 radical (unpaired) electrons. The van der Waals surface area contributed by atoms with E-state index in [2.05, 4.69) is 4.98 Å². The Morgan fingerprint density at radius 2 is 1.82 bits per heavy atom. The van der Waals surface area contributed by atoms with Crippen LogP contribution in [0.4, 0.5) is 5.69 Å². The Hall–Kier alpha value is -4.73. The number of fused-ring (bicyclic) bond motifs is 1. The molecular formula is C29H29N3O7. The van der Waals surface area contributed by atoms with Gasteiger partial charge in [-0.25, -0.2) is 0 Å². The van der Waals surface area contributed by atoms with Gasteiger partial charge in [0.15, 0.2) is 11.5 Å². The molecule has 0 bridgehead atoms. The maximum Gasteiger partial charge on any atom is 0.295 e. The zero-order valence-electron chi connectivity index (χ0n) is 22.1. The standard InChI is InChI=1S/C29H29N3O7/c1-31-10-11-39-21-8-7-18(12-20(21)31)26(33)24-25(19-13-22(36-2)28(38-4)23(14-19)37-3)32(29(35)27(24)34)16-17-6-5-9-30-15-17/h5-9,12-15,25,33H,10-11,16H2,1-4H3/b26-24+. The zero-order chi connectivity index (χ0) is 27.7. The van der Waals surface area contributed by atoms with Gasteiger partial charge in [-0.3, -0.25) is 14.6 Å². The van der Waals surface area contributed by atoms with Crippen LogP contribution in [0.25, 0.3) is 5.76 Å². The first-order valence-electron chi connectivity index (χ1n) is 12.3. The smallest absolute Gasteiger partial charge is 0.295 e. The van der Waals surface area contributed by atoms with Crippen LogP contribution in [-0.2, 0) is 16.1 Å². The number of methoxy groups -OCH3 is 3. The Kier molecular flexibility index (Phi) is 7.02. The van der Waals surface area contributed by atoms with Gasteiger partial charge in [0.05, 0.1) is 45.2 Å². The van der Waals surface area contributed by atoms with Crippen LogP contribution in [-0.4, -0.2) is 68.2 Å². The third kappa shape index (κ3) is 4.58. The average Bonchev–Trinajstić information content (AvgIpc) is 3.21. The largest absolute Gasteiger partial charge is 0.507 e. The predicted octanol–water partition coefficient (Wildman–Crippen LogP) is 3.56. The molecule has 1 unspecified atom stereocenters. The maximum atomic E-state index is 13.5. The Labute approximate surface area is 226 Å². The second kappa shape index (κ2) is 10.6. The van der Waals surface area contributed by atoms with Crippen LogP contribution in [0.3, 0.4) is 0 Å². The van der Waals surface area contributed by atoms with Crippen LogP contribution in [0.15, 0.2) is 60.4 Å². The number of rotatable bonds is 7. The Morgan fingerprint density at radius 1 is 1.08 bits per heavy atom. The number of aliphatic hydroxyl groups excluding tert-OH is 1. The highest BCUT2D eigenvalue weighted by molar-refractivity contribution is 6.46. The molecule has 202 valence electrons. The summed E-state index contributed by atoms with van der Waals surface area (Å²) in [4.78, 5) is 34.6. The summed E-state index contributed by atoms with van der Waals surface area (Å²) in [5, 5.41) is 11.6. The second-order valence-electron chi connectivity index (χ2n) is 9.20. The van der Waals surface area contributed by atoms with Crippen molar-refractivity contribution in [3.05, 3.63) is 77.1 Å². The Morgan fingerprint density at radius 3 is 2.46 bits per heavy atom. The van der Waals surface area contributed by atoms with Crippen molar-refractivity contribution in [2.75, 3.05) is 46.4 Å². The summed E-state index contributed by atoms with van der Waals surface area (Å²) in [6.07, 6.45) is 3.26. The van der Waals surface area contributed by atoms with E-state index >= 15 is 0 Å². The number of carbonyl (C=O) groups is 2. The van der Waals surface area contributed by atoms with Gasteiger partial charge >= 0.3 is 0 Å². The van der Waals surface area contributed by atoms with Gasteiger partial charge in [-0.15, -0.1) is 0 Å². The quantitative estimate of drug-likeness (QED) is 0.278. The number of aromatic nitrogens is 1. The number of likely N-dealkylation sites (tertiary alicyclic amines) is 1. The molecule has 0 saturated carbocycles. The number of pyridine rings is 1. The van der Waals surface area contributed by atoms with Gasteiger partial charge in [0.2, 0.25) is 5.75 Å². The van der Waals surface area contributed by atoms with E-state index < -0.39 is 17.7 Å². The van der Waals surface area contributed by atoms with Crippen molar-refractivity contribution in [2.24, 2.45) is 0 Å². The van der Waals surface area contributed by atoms with E-state index in [0.717, 1.165) is 11.3 Å². The molecule has 2 aromatic carbocycles. The van der Waals surface area contributed by atoms with Gasteiger partial charge < -0.3 is 33.9 Å². The Balaban J connectivity index is 1.70. The summed E-state index contributed by atoms with van der Waals surface area (Å²) in [5.74, 6) is -0.0699. The number of carbonyl (C=O) groups excluding carboxylic acids is 2. The number of likely N-dealkylation sites (N-methyl/N-ethyl adjacent to an activating group) is 1. The van der Waals surface area contributed by atoms with Crippen LogP contribution in [0.5, 0.6) is 23.0 Å². The van der Waals surface area contributed by atoms with Gasteiger partial charge in [0.25, 0.3) is 11.7 Å². The molecule has 0 aliphatic carbocycles. The van der Waals surface area contributed by atoms with E-state index in [1.165, 1.54) is 26.2 Å². The first kappa shape index (κ1) is 25.9. The van der Waals surface area contributed by atoms with Gasteiger partial charge in [-0.05, 0) is 47.5 Å². The SMILES string of the molecule is COc1cc(C2/C(=C(\O)c3ccc4c(c3)N(C)CCO4)C(=O)C(=O)N2Cc2cccnc2)cc(OC)c1OC. The molecule has 1 aromatic heterocycles. The molecule has 5 rings (SSSR count). The number of hydrogen-bond acceptors (Lipinski definition) is 9. The van der Waals surface area contributed by atoms with Gasteiger partial charge in [-0.2, -0.15) is 0 Å². The van der Waals surface area contributed by atoms with E-state index in [-0.39, 0.29) is 17.9 Å². The molecule has 1 fully saturated rings. The summed E-state index contributed by atoms with van der Waals surface area (Å²) >= 11 is 0. The average molecular weight is 532 g/mol. The number of ether oxygens (including phenoxy) is 4. The van der Waals surface area contributed by atoms with Crippen LogP contribution in [0, 0.1) is 0 Å². The molecule has 1 saturated heterocycles. The van der Waals surface area contributed by atoms with Crippen molar-refractivity contribution in [1.29, 1.82) is 0 Å². The minimum Gasteiger partial charge on any atom is -0.507 e. The topological polar surface area (TPSA) is 111 Å². The van der Waals surface area contributed by atoms with Crippen LogP contribution in [0.2, 0.25) is 0 Å². The van der Waals surface area contributed by atoms with Crippen molar-refractivity contribution in [1.82, 2.24) is 9.88 Å². The third-order valence-electron chi connectivity index (χ3n) is 6.95. The fourth-order valence-corrected chi connectivity index (χ4v) is 4.99. The monoisotopic (exact) mass is 531 g/mol. The lowest BCUT2D eigenvalue weighted by Gasteiger charge is -2.28. The number of anilines is 1. The minimum atomic E-state index is -0.941. The number of nitrogens with zero attached hydrogens (tertiary/aromatic N) is 3. The van der Waals surface area contributed by atoms with E-state index in [0.29, 0.717) is 47.3 Å². The number of aliphatic hydroxyl groups is 1. The van der Waals surface area contributed by atoms with Crippen LogP contribution < -0.4 is 23.8 Å². The van der Waals surface area contributed by atoms with Gasteiger partial charge in [0.1, 0.15) is 18.1 Å². The van der Waals surface area contributed by atoms with E-state index in [1.807, 2.05) is 18.0 Å². The fourth-order valence-electron chi connectivity index (χ4n) is 4.99. The predicted molar refractivity (Wildman–Crippen MR) is 143 cm³/mol. The van der Waals surface area contributed by atoms with Crippen molar-refractivity contribution in [3.63, 3.8) is 0 Å². The van der Waals surface area contributed by atoms with Gasteiger partial charge in [-0.1, -0.05) is 6.07 Å². The zero-order valence-corrected chi connectivity index (χ0v) is 22.1. The first-order chi connectivity index (χ1) is 18.9. The molecule has 2 aliphatic rings. The molecule has 3 heterocycles. The number of benzene rings is 2. The van der Waals surface area contributed by atoms with E-state index in [4.69, 9.17) is 18.9 Å². The third-order valence-corrected chi connectivity index (χ3v) is 6.95. The molecule has 10 nitrogen and oxygen atoms in total. The lowest BCUT2D eigenvalue weighted by molar-refractivity contribution is -0.140. The highest BCUT2D eigenvalue weighted by atomic mass is 16.5. The highest BCUT2D eigenvalue weighted by Gasteiger charge is 2.46. The summed E-state index contributed by atoms with van der Waals surface area (Å²) in [6, 6.07) is 11.2. The van der Waals surface area contributed by atoms with Crippen molar-refractivity contribution in [2.45, 2.75) is 12.6 Å². The van der Waals surface area contributed by atoms with Crippen molar-refractivity contribution < 1.29 is 33.6 Å². The fraction of sp³-hybridized carbons (Fsp3) is 0.276. The van der Waals surface area contributed by atoms with Crippen molar-refractivity contribution >= 4 is 23.1 Å². The summed E-state index contributed by atoms with van der Waals surface area (Å²) in [5.41, 5.74) is 2.36. The van der Waals surface area contributed by atoms with E-state index in [1.54, 1.807) is 48.8 Å². The van der Waals surface area contributed by atoms with Crippen molar-refractivity contribution in [3.8, 4) is 23.0 Å². The molecule has 2 aliphatic heterocycles. The number of ketones is 1. The Bertz CT molecular complexity index is 1430. The molecule has 0 spiro atoms. The minimum absolute atomic E-state index is 0.0440. The molecule has 39 heavy (non-hydrogen) atoms. The van der Waals surface area contributed by atoms with E-state index in [9.17, 15) is 14.7 Å². The first-order valence-corrected chi connectivity index (χ1v) is 12.3. The van der Waals surface area contributed by atoms with Crippen LogP contribution in [0.1, 0.15) is 22.7 Å². The number of Topliss-reactive ketones (excluding diaryl/α,β-unsaturated/α-hetero) is 1. The molecule has 1 atom stereocenters. The summed E-state index contributed by atoms with van der Waals surface area (Å²) in [7, 11) is 6.39. The lowest BCUT2D eigenvalue weighted by Crippen LogP contribution is -2.29.